The van der Waals surface area contributed by atoms with Crippen LogP contribution in [0.5, 0.6) is 0 Å². The molecule has 1 aromatic heterocycles. The van der Waals surface area contributed by atoms with Crippen LogP contribution in [0.4, 0.5) is 5.69 Å². The summed E-state index contributed by atoms with van der Waals surface area (Å²) in [5.41, 5.74) is 6.47. The van der Waals surface area contributed by atoms with Crippen LogP contribution in [0, 0.1) is 18.8 Å². The van der Waals surface area contributed by atoms with Gasteiger partial charge >= 0.3 is 0 Å². The number of nitrogens with zero attached hydrogens (tertiary/aromatic N) is 2. The Morgan fingerprint density at radius 2 is 2.17 bits per heavy atom. The van der Waals surface area contributed by atoms with Crippen LogP contribution in [0.1, 0.15) is 53.4 Å². The number of allylic oxidation sites excluding steroid dienone is 2. The highest BCUT2D eigenvalue weighted by molar-refractivity contribution is 6.06. The number of anilines is 1. The molecule has 4 heteroatoms. The third kappa shape index (κ3) is 2.13. The second-order valence-electron chi connectivity index (χ2n) is 7.29. The Kier molecular flexibility index (Phi) is 3.37. The Hall–Kier alpha value is -2.36. The molecule has 24 heavy (non-hydrogen) atoms. The van der Waals surface area contributed by atoms with E-state index in [1.165, 1.54) is 16.7 Å². The molecule has 0 saturated heterocycles. The molecule has 2 aliphatic rings. The van der Waals surface area contributed by atoms with Gasteiger partial charge in [-0.15, -0.1) is 0 Å². The lowest BCUT2D eigenvalue weighted by atomic mass is 9.85. The fourth-order valence-electron chi connectivity index (χ4n) is 4.50. The van der Waals surface area contributed by atoms with Gasteiger partial charge in [-0.25, -0.2) is 0 Å². The smallest absolute Gasteiger partial charge is 0.259 e. The predicted molar refractivity (Wildman–Crippen MR) is 96.0 cm³/mol. The molecular weight excluding hydrogens is 298 g/mol. The minimum Gasteiger partial charge on any atom is -0.322 e. The van der Waals surface area contributed by atoms with E-state index in [4.69, 9.17) is 0 Å². The van der Waals surface area contributed by atoms with Crippen molar-refractivity contribution in [3.8, 4) is 0 Å². The molecule has 124 valence electrons. The average molecular weight is 321 g/mol. The molecule has 0 spiro atoms. The van der Waals surface area contributed by atoms with Gasteiger partial charge in [-0.1, -0.05) is 32.1 Å². The van der Waals surface area contributed by atoms with Crippen molar-refractivity contribution in [3.63, 3.8) is 0 Å². The van der Waals surface area contributed by atoms with Gasteiger partial charge in [0.15, 0.2) is 0 Å². The SMILES string of the molecule is Cc1nn(C)cc1C(=O)Nc1cccc2c1C1CC=C2C1C(C)C. The minimum absolute atomic E-state index is 0.0770. The van der Waals surface area contributed by atoms with Crippen LogP contribution >= 0.6 is 0 Å². The topological polar surface area (TPSA) is 46.9 Å². The second kappa shape index (κ2) is 5.33. The van der Waals surface area contributed by atoms with Crippen LogP contribution in [0.25, 0.3) is 5.57 Å². The van der Waals surface area contributed by atoms with Gasteiger partial charge in [0.2, 0.25) is 0 Å². The Labute approximate surface area is 142 Å². The van der Waals surface area contributed by atoms with Crippen molar-refractivity contribution < 1.29 is 4.79 Å². The lowest BCUT2D eigenvalue weighted by molar-refractivity contribution is 0.102. The number of aromatic nitrogens is 2. The van der Waals surface area contributed by atoms with Gasteiger partial charge in [-0.3, -0.25) is 9.48 Å². The van der Waals surface area contributed by atoms with Gasteiger partial charge < -0.3 is 5.32 Å². The van der Waals surface area contributed by atoms with Gasteiger partial charge in [-0.05, 0) is 53.9 Å². The molecular formula is C20H23N3O. The maximum atomic E-state index is 12.7. The third-order valence-electron chi connectivity index (χ3n) is 5.40. The van der Waals surface area contributed by atoms with E-state index < -0.39 is 0 Å². The van der Waals surface area contributed by atoms with Crippen LogP contribution in [-0.2, 0) is 7.05 Å². The van der Waals surface area contributed by atoms with Crippen LogP contribution < -0.4 is 5.32 Å². The van der Waals surface area contributed by atoms with E-state index in [-0.39, 0.29) is 5.91 Å². The van der Waals surface area contributed by atoms with Gasteiger partial charge in [0, 0.05) is 18.9 Å². The number of nitrogens with one attached hydrogen (secondary N) is 1. The second-order valence-corrected chi connectivity index (χ2v) is 7.29. The normalized spacial score (nSPS) is 21.1. The first-order valence-corrected chi connectivity index (χ1v) is 8.62. The Morgan fingerprint density at radius 3 is 2.83 bits per heavy atom. The van der Waals surface area contributed by atoms with Gasteiger partial charge in [0.25, 0.3) is 5.91 Å². The van der Waals surface area contributed by atoms with Crippen molar-refractivity contribution >= 4 is 17.2 Å². The molecule has 1 heterocycles. The summed E-state index contributed by atoms with van der Waals surface area (Å²) in [6.07, 6.45) is 5.25. The number of rotatable bonds is 3. The Bertz CT molecular complexity index is 860. The molecule has 4 nitrogen and oxygen atoms in total. The maximum absolute atomic E-state index is 12.7. The summed E-state index contributed by atoms with van der Waals surface area (Å²) in [4.78, 5) is 12.7. The zero-order chi connectivity index (χ0) is 17.0. The molecule has 0 fully saturated rings. The number of aryl methyl sites for hydroxylation is 2. The number of fused-ring (bicyclic) bond motifs is 5. The highest BCUT2D eigenvalue weighted by Crippen LogP contribution is 2.57. The van der Waals surface area contributed by atoms with Crippen molar-refractivity contribution in [2.45, 2.75) is 33.1 Å². The summed E-state index contributed by atoms with van der Waals surface area (Å²) < 4.78 is 1.68. The van der Waals surface area contributed by atoms with Crippen LogP contribution in [-0.4, -0.2) is 15.7 Å². The molecule has 1 amide bonds. The van der Waals surface area contributed by atoms with E-state index in [9.17, 15) is 4.79 Å². The standard InChI is InChI=1S/C20H23N3O/c1-11(2)18-14-8-9-15(18)19-13(14)6-5-7-17(19)21-20(24)16-10-23(4)22-12(16)3/h5-8,10-11,15,18H,9H2,1-4H3,(H,21,24). The fraction of sp³-hybridized carbons (Fsp3) is 0.400. The van der Waals surface area contributed by atoms with Crippen LogP contribution in [0.15, 0.2) is 30.5 Å². The van der Waals surface area contributed by atoms with E-state index in [2.05, 4.69) is 36.4 Å². The summed E-state index contributed by atoms with van der Waals surface area (Å²) in [7, 11) is 1.84. The number of hydrogen-bond donors (Lipinski definition) is 1. The van der Waals surface area contributed by atoms with Crippen molar-refractivity contribution in [2.24, 2.45) is 18.9 Å². The van der Waals surface area contributed by atoms with E-state index in [0.29, 0.717) is 23.3 Å². The quantitative estimate of drug-likeness (QED) is 0.923. The molecule has 1 N–H and O–H groups in total. The number of carbonyl (C=O) groups is 1. The predicted octanol–water partition coefficient (Wildman–Crippen LogP) is 4.14. The molecule has 0 saturated carbocycles. The van der Waals surface area contributed by atoms with E-state index in [1.54, 1.807) is 10.9 Å². The molecule has 2 bridgehead atoms. The monoisotopic (exact) mass is 321 g/mol. The molecule has 0 aliphatic heterocycles. The number of amides is 1. The third-order valence-corrected chi connectivity index (χ3v) is 5.40. The largest absolute Gasteiger partial charge is 0.322 e. The van der Waals surface area contributed by atoms with Crippen LogP contribution in [0.3, 0.4) is 0 Å². The Balaban J connectivity index is 1.70. The van der Waals surface area contributed by atoms with Crippen molar-refractivity contribution in [1.29, 1.82) is 0 Å². The molecule has 4 rings (SSSR count). The first kappa shape index (κ1) is 15.2. The van der Waals surface area contributed by atoms with E-state index >= 15 is 0 Å². The zero-order valence-corrected chi connectivity index (χ0v) is 14.6. The first-order chi connectivity index (χ1) is 11.5. The number of carbonyl (C=O) groups excluding carboxylic acids is 1. The van der Waals surface area contributed by atoms with Crippen molar-refractivity contribution in [1.82, 2.24) is 9.78 Å². The summed E-state index contributed by atoms with van der Waals surface area (Å²) in [5, 5.41) is 7.40. The highest BCUT2D eigenvalue weighted by atomic mass is 16.1. The van der Waals surface area contributed by atoms with E-state index in [1.807, 2.05) is 26.1 Å². The maximum Gasteiger partial charge on any atom is 0.259 e. The molecule has 2 aliphatic carbocycles. The average Bonchev–Trinajstić information content (AvgIpc) is 3.19. The lowest BCUT2D eigenvalue weighted by Gasteiger charge is -2.20. The zero-order valence-electron chi connectivity index (χ0n) is 14.6. The summed E-state index contributed by atoms with van der Waals surface area (Å²) >= 11 is 0. The molecule has 0 radical (unpaired) electrons. The summed E-state index contributed by atoms with van der Waals surface area (Å²) in [5.74, 6) is 1.62. The van der Waals surface area contributed by atoms with Gasteiger partial charge in [0.05, 0.1) is 11.3 Å². The Morgan fingerprint density at radius 1 is 1.38 bits per heavy atom. The summed E-state index contributed by atoms with van der Waals surface area (Å²) in [6, 6.07) is 6.27. The number of benzene rings is 1. The minimum atomic E-state index is -0.0770. The summed E-state index contributed by atoms with van der Waals surface area (Å²) in [6.45, 7) is 6.45. The highest BCUT2D eigenvalue weighted by Gasteiger charge is 2.42. The van der Waals surface area contributed by atoms with Crippen molar-refractivity contribution in [3.05, 3.63) is 52.9 Å². The van der Waals surface area contributed by atoms with Gasteiger partial charge in [-0.2, -0.15) is 5.10 Å². The molecule has 1 aromatic carbocycles. The number of hydrogen-bond acceptors (Lipinski definition) is 2. The fourth-order valence-corrected chi connectivity index (χ4v) is 4.50. The molecule has 2 unspecified atom stereocenters. The van der Waals surface area contributed by atoms with Crippen molar-refractivity contribution in [2.75, 3.05) is 5.32 Å². The van der Waals surface area contributed by atoms with Gasteiger partial charge in [0.1, 0.15) is 0 Å². The van der Waals surface area contributed by atoms with Crippen LogP contribution in [0.2, 0.25) is 0 Å². The lowest BCUT2D eigenvalue weighted by Crippen LogP contribution is -2.16. The molecule has 2 aromatic rings. The molecule has 2 atom stereocenters. The first-order valence-electron chi connectivity index (χ1n) is 8.62. The van der Waals surface area contributed by atoms with E-state index in [0.717, 1.165) is 17.8 Å².